The van der Waals surface area contributed by atoms with Crippen LogP contribution in [0.3, 0.4) is 0 Å². The number of esters is 1. The topological polar surface area (TPSA) is 116 Å². The Morgan fingerprint density at radius 1 is 1.28 bits per heavy atom. The lowest BCUT2D eigenvalue weighted by atomic mass is 10.1. The van der Waals surface area contributed by atoms with Gasteiger partial charge in [0.25, 0.3) is 11.6 Å². The largest absolute Gasteiger partial charge is 0.462 e. The monoisotopic (exact) mass is 346 g/mol. The first-order valence-electron chi connectivity index (χ1n) is 7.52. The fourth-order valence-electron chi connectivity index (χ4n) is 2.32. The van der Waals surface area contributed by atoms with Gasteiger partial charge >= 0.3 is 5.97 Å². The predicted octanol–water partition coefficient (Wildman–Crippen LogP) is 2.37. The number of nitrogens with one attached hydrogen (secondary N) is 1. The molecule has 0 fully saturated rings. The van der Waals surface area contributed by atoms with Crippen LogP contribution in [0, 0.1) is 24.0 Å². The van der Waals surface area contributed by atoms with Gasteiger partial charge in [-0.15, -0.1) is 0 Å². The van der Waals surface area contributed by atoms with E-state index >= 15 is 0 Å². The highest BCUT2D eigenvalue weighted by atomic mass is 16.6. The molecular weight excluding hydrogens is 328 g/mol. The molecule has 2 rings (SSSR count). The van der Waals surface area contributed by atoms with Gasteiger partial charge in [0, 0.05) is 24.7 Å². The summed E-state index contributed by atoms with van der Waals surface area (Å²) in [6.07, 6.45) is 0. The fourth-order valence-corrected chi connectivity index (χ4v) is 2.32. The van der Waals surface area contributed by atoms with Crippen LogP contribution in [0.2, 0.25) is 0 Å². The summed E-state index contributed by atoms with van der Waals surface area (Å²) < 4.78 is 6.46. The van der Waals surface area contributed by atoms with E-state index < -0.39 is 16.8 Å². The van der Waals surface area contributed by atoms with Gasteiger partial charge in [-0.3, -0.25) is 19.6 Å². The maximum atomic E-state index is 12.5. The van der Waals surface area contributed by atoms with Gasteiger partial charge in [0.2, 0.25) is 0 Å². The van der Waals surface area contributed by atoms with Crippen LogP contribution in [0.15, 0.2) is 18.2 Å². The quantitative estimate of drug-likeness (QED) is 0.505. The zero-order valence-electron chi connectivity index (χ0n) is 14.3. The lowest BCUT2D eigenvalue weighted by Crippen LogP contribution is -2.15. The minimum Gasteiger partial charge on any atom is -0.462 e. The van der Waals surface area contributed by atoms with Crippen LogP contribution in [0.25, 0.3) is 0 Å². The smallest absolute Gasteiger partial charge is 0.338 e. The van der Waals surface area contributed by atoms with E-state index in [9.17, 15) is 19.7 Å². The van der Waals surface area contributed by atoms with Crippen molar-refractivity contribution in [2.45, 2.75) is 20.8 Å². The van der Waals surface area contributed by atoms with Gasteiger partial charge < -0.3 is 10.1 Å². The SMILES string of the molecule is CCOC(=O)c1cc(C(=O)Nc2c(C)nn(C)c2C)cc([N+](=O)[O-])c1. The summed E-state index contributed by atoms with van der Waals surface area (Å²) in [5, 5.41) is 18.0. The van der Waals surface area contributed by atoms with E-state index in [-0.39, 0.29) is 23.4 Å². The highest BCUT2D eigenvalue weighted by Gasteiger charge is 2.20. The first kappa shape index (κ1) is 18.1. The number of nitro groups is 1. The number of amides is 1. The van der Waals surface area contributed by atoms with Crippen molar-refractivity contribution in [3.63, 3.8) is 0 Å². The first-order valence-corrected chi connectivity index (χ1v) is 7.52. The van der Waals surface area contributed by atoms with Crippen LogP contribution in [0.4, 0.5) is 11.4 Å². The zero-order valence-corrected chi connectivity index (χ0v) is 14.3. The van der Waals surface area contributed by atoms with E-state index in [0.717, 1.165) is 17.8 Å². The Kier molecular flexibility index (Phi) is 5.16. The van der Waals surface area contributed by atoms with Crippen molar-refractivity contribution in [1.29, 1.82) is 0 Å². The summed E-state index contributed by atoms with van der Waals surface area (Å²) in [6, 6.07) is 3.45. The second-order valence-electron chi connectivity index (χ2n) is 5.37. The number of nitrogens with zero attached hydrogens (tertiary/aromatic N) is 3. The molecule has 0 aliphatic carbocycles. The number of aromatic nitrogens is 2. The normalized spacial score (nSPS) is 10.4. The van der Waals surface area contributed by atoms with Crippen molar-refractivity contribution >= 4 is 23.3 Å². The number of hydrogen-bond acceptors (Lipinski definition) is 6. The van der Waals surface area contributed by atoms with Crippen molar-refractivity contribution in [3.05, 3.63) is 50.8 Å². The molecule has 0 saturated heterocycles. The van der Waals surface area contributed by atoms with Gasteiger partial charge in [0.1, 0.15) is 0 Å². The number of rotatable bonds is 5. The van der Waals surface area contributed by atoms with Crippen molar-refractivity contribution in [1.82, 2.24) is 9.78 Å². The van der Waals surface area contributed by atoms with Gasteiger partial charge in [-0.2, -0.15) is 5.10 Å². The standard InChI is InChI=1S/C16H18N4O5/c1-5-25-16(22)12-6-11(7-13(8-12)20(23)24)15(21)17-14-9(2)18-19(4)10(14)3/h6-8H,5H2,1-4H3,(H,17,21). The van der Waals surface area contributed by atoms with E-state index in [2.05, 4.69) is 10.4 Å². The number of ether oxygens (including phenoxy) is 1. The Bertz CT molecular complexity index is 856. The van der Waals surface area contributed by atoms with Crippen LogP contribution < -0.4 is 5.32 Å². The Hall–Kier alpha value is -3.23. The lowest BCUT2D eigenvalue weighted by molar-refractivity contribution is -0.384. The number of benzene rings is 1. The molecule has 0 aliphatic rings. The average molecular weight is 346 g/mol. The van der Waals surface area contributed by atoms with Crippen LogP contribution in [0.1, 0.15) is 39.0 Å². The molecule has 0 unspecified atom stereocenters. The number of hydrogen-bond donors (Lipinski definition) is 1. The van der Waals surface area contributed by atoms with Crippen molar-refractivity contribution < 1.29 is 19.2 Å². The van der Waals surface area contributed by atoms with E-state index in [0.29, 0.717) is 11.4 Å². The molecule has 1 amide bonds. The van der Waals surface area contributed by atoms with E-state index in [1.165, 1.54) is 6.07 Å². The molecule has 0 bridgehead atoms. The van der Waals surface area contributed by atoms with Gasteiger partial charge in [0.05, 0.1) is 34.2 Å². The Morgan fingerprint density at radius 2 is 1.92 bits per heavy atom. The molecule has 1 N–H and O–H groups in total. The molecule has 1 aromatic heterocycles. The van der Waals surface area contributed by atoms with Crippen molar-refractivity contribution in [2.24, 2.45) is 7.05 Å². The van der Waals surface area contributed by atoms with Gasteiger partial charge in [-0.25, -0.2) is 4.79 Å². The van der Waals surface area contributed by atoms with Crippen LogP contribution >= 0.6 is 0 Å². The molecule has 9 nitrogen and oxygen atoms in total. The van der Waals surface area contributed by atoms with Crippen LogP contribution in [-0.4, -0.2) is 33.2 Å². The summed E-state index contributed by atoms with van der Waals surface area (Å²) >= 11 is 0. The van der Waals surface area contributed by atoms with E-state index in [1.54, 1.807) is 32.5 Å². The summed E-state index contributed by atoms with van der Waals surface area (Å²) in [4.78, 5) is 34.8. The zero-order chi connectivity index (χ0) is 18.7. The molecule has 9 heteroatoms. The Labute approximate surface area is 143 Å². The Morgan fingerprint density at radius 3 is 2.44 bits per heavy atom. The van der Waals surface area contributed by atoms with E-state index in [1.807, 2.05) is 0 Å². The molecule has 0 saturated carbocycles. The average Bonchev–Trinajstić information content (AvgIpc) is 2.80. The predicted molar refractivity (Wildman–Crippen MR) is 89.7 cm³/mol. The lowest BCUT2D eigenvalue weighted by Gasteiger charge is -2.08. The van der Waals surface area contributed by atoms with Crippen molar-refractivity contribution in [2.75, 3.05) is 11.9 Å². The molecule has 2 aromatic rings. The molecule has 0 atom stereocenters. The number of carbonyl (C=O) groups excluding carboxylic acids is 2. The minimum atomic E-state index is -0.728. The minimum absolute atomic E-state index is 0.0140. The molecule has 1 heterocycles. The first-order chi connectivity index (χ1) is 11.7. The number of nitro benzene ring substituents is 1. The van der Waals surface area contributed by atoms with Gasteiger partial charge in [-0.05, 0) is 26.8 Å². The molecule has 25 heavy (non-hydrogen) atoms. The summed E-state index contributed by atoms with van der Waals surface area (Å²) in [6.45, 7) is 5.27. The van der Waals surface area contributed by atoms with Crippen LogP contribution in [-0.2, 0) is 11.8 Å². The number of non-ortho nitro benzene ring substituents is 1. The van der Waals surface area contributed by atoms with Gasteiger partial charge in [0.15, 0.2) is 0 Å². The molecule has 0 aliphatic heterocycles. The second kappa shape index (κ2) is 7.12. The molecular formula is C16H18N4O5. The summed E-state index contributed by atoms with van der Waals surface area (Å²) in [5.74, 6) is -1.30. The number of anilines is 1. The summed E-state index contributed by atoms with van der Waals surface area (Å²) in [7, 11) is 1.74. The summed E-state index contributed by atoms with van der Waals surface area (Å²) in [5.41, 5.74) is 1.44. The third-order valence-corrected chi connectivity index (χ3v) is 3.65. The van der Waals surface area contributed by atoms with Crippen molar-refractivity contribution in [3.8, 4) is 0 Å². The maximum absolute atomic E-state index is 12.5. The highest BCUT2D eigenvalue weighted by Crippen LogP contribution is 2.22. The van der Waals surface area contributed by atoms with Crippen LogP contribution in [0.5, 0.6) is 0 Å². The fraction of sp³-hybridized carbons (Fsp3) is 0.312. The molecule has 0 spiro atoms. The Balaban J connectivity index is 2.41. The third kappa shape index (κ3) is 3.82. The number of carbonyl (C=O) groups is 2. The molecule has 1 aromatic carbocycles. The number of aryl methyl sites for hydroxylation is 2. The highest BCUT2D eigenvalue weighted by molar-refractivity contribution is 6.06. The van der Waals surface area contributed by atoms with Gasteiger partial charge in [-0.1, -0.05) is 0 Å². The second-order valence-corrected chi connectivity index (χ2v) is 5.37. The maximum Gasteiger partial charge on any atom is 0.338 e. The molecule has 0 radical (unpaired) electrons. The molecule has 132 valence electrons. The third-order valence-electron chi connectivity index (χ3n) is 3.65. The van der Waals surface area contributed by atoms with E-state index in [4.69, 9.17) is 4.74 Å².